The number of methoxy groups -OCH3 is 2. The van der Waals surface area contributed by atoms with Crippen LogP contribution in [0.3, 0.4) is 0 Å². The van der Waals surface area contributed by atoms with Gasteiger partial charge < -0.3 is 19.7 Å². The number of amides is 2. The van der Waals surface area contributed by atoms with Gasteiger partial charge in [-0.2, -0.15) is 0 Å². The van der Waals surface area contributed by atoms with E-state index < -0.39 is 5.25 Å². The van der Waals surface area contributed by atoms with Crippen LogP contribution in [0, 0.1) is 0 Å². The van der Waals surface area contributed by atoms with Crippen LogP contribution in [0.2, 0.25) is 5.02 Å². The predicted octanol–water partition coefficient (Wildman–Crippen LogP) is 4.35. The van der Waals surface area contributed by atoms with Gasteiger partial charge in [-0.25, -0.2) is 0 Å². The molecule has 1 aliphatic heterocycles. The van der Waals surface area contributed by atoms with Gasteiger partial charge in [0, 0.05) is 34.5 Å². The number of rotatable bonds is 7. The molecule has 0 bridgehead atoms. The van der Waals surface area contributed by atoms with Gasteiger partial charge in [0.25, 0.3) is 0 Å². The fourth-order valence-electron chi connectivity index (χ4n) is 3.53. The van der Waals surface area contributed by atoms with E-state index in [9.17, 15) is 9.59 Å². The van der Waals surface area contributed by atoms with Crippen molar-refractivity contribution in [1.29, 1.82) is 0 Å². The molecule has 8 heteroatoms. The summed E-state index contributed by atoms with van der Waals surface area (Å²) in [5, 5.41) is 2.96. The van der Waals surface area contributed by atoms with E-state index in [2.05, 4.69) is 5.32 Å². The summed E-state index contributed by atoms with van der Waals surface area (Å²) < 4.78 is 10.8. The molecule has 1 fully saturated rings. The molecule has 2 aromatic carbocycles. The number of nitrogens with zero attached hydrogens (tertiary/aromatic N) is 1. The molecule has 1 saturated carbocycles. The Balaban J connectivity index is 1.50. The Bertz CT molecular complexity index is 980. The van der Waals surface area contributed by atoms with Gasteiger partial charge in [0.2, 0.25) is 11.8 Å². The molecule has 158 valence electrons. The minimum Gasteiger partial charge on any atom is -0.497 e. The summed E-state index contributed by atoms with van der Waals surface area (Å²) >= 11 is 7.42. The van der Waals surface area contributed by atoms with Gasteiger partial charge in [0.1, 0.15) is 11.5 Å². The molecule has 2 aliphatic rings. The summed E-state index contributed by atoms with van der Waals surface area (Å²) in [5.41, 5.74) is 1.58. The Morgan fingerprint density at radius 2 is 2.00 bits per heavy atom. The van der Waals surface area contributed by atoms with Crippen LogP contribution in [-0.2, 0) is 16.1 Å². The van der Waals surface area contributed by atoms with Gasteiger partial charge in [-0.05, 0) is 49.2 Å². The lowest BCUT2D eigenvalue weighted by Crippen LogP contribution is -2.38. The average molecular weight is 447 g/mol. The van der Waals surface area contributed by atoms with Crippen molar-refractivity contribution in [3.05, 3.63) is 47.0 Å². The van der Waals surface area contributed by atoms with E-state index in [-0.39, 0.29) is 24.3 Å². The van der Waals surface area contributed by atoms with E-state index in [0.29, 0.717) is 28.8 Å². The van der Waals surface area contributed by atoms with Crippen molar-refractivity contribution >= 4 is 40.9 Å². The Hall–Kier alpha value is -2.38. The second-order valence-corrected chi connectivity index (χ2v) is 9.05. The van der Waals surface area contributed by atoms with Crippen LogP contribution in [-0.4, -0.2) is 42.2 Å². The minimum absolute atomic E-state index is 0.0348. The second-order valence-electron chi connectivity index (χ2n) is 7.37. The number of halogens is 1. The molecule has 4 rings (SSSR count). The van der Waals surface area contributed by atoms with Crippen molar-refractivity contribution in [2.75, 3.05) is 19.5 Å². The van der Waals surface area contributed by atoms with E-state index in [1.807, 2.05) is 29.2 Å². The van der Waals surface area contributed by atoms with E-state index in [1.54, 1.807) is 26.4 Å². The lowest BCUT2D eigenvalue weighted by atomic mass is 10.1. The zero-order valence-electron chi connectivity index (χ0n) is 16.8. The van der Waals surface area contributed by atoms with Crippen LogP contribution < -0.4 is 14.8 Å². The Labute approximate surface area is 184 Å². The van der Waals surface area contributed by atoms with Crippen LogP contribution in [0.15, 0.2) is 41.3 Å². The van der Waals surface area contributed by atoms with Crippen LogP contribution in [0.1, 0.15) is 24.8 Å². The van der Waals surface area contributed by atoms with Crippen LogP contribution in [0.5, 0.6) is 11.5 Å². The lowest BCUT2D eigenvalue weighted by Gasteiger charge is -2.28. The largest absolute Gasteiger partial charge is 0.497 e. The van der Waals surface area contributed by atoms with Crippen LogP contribution >= 0.6 is 23.4 Å². The van der Waals surface area contributed by atoms with Gasteiger partial charge in [0.15, 0.2) is 0 Å². The Morgan fingerprint density at radius 1 is 1.20 bits per heavy atom. The topological polar surface area (TPSA) is 67.9 Å². The molecule has 0 spiro atoms. The highest BCUT2D eigenvalue weighted by Crippen LogP contribution is 2.39. The van der Waals surface area contributed by atoms with Crippen molar-refractivity contribution in [2.45, 2.75) is 42.0 Å². The van der Waals surface area contributed by atoms with Crippen LogP contribution in [0.25, 0.3) is 0 Å². The highest BCUT2D eigenvalue weighted by molar-refractivity contribution is 8.01. The summed E-state index contributed by atoms with van der Waals surface area (Å²) in [7, 11) is 3.22. The molecule has 1 heterocycles. The molecule has 1 unspecified atom stereocenters. The van der Waals surface area contributed by atoms with Crippen molar-refractivity contribution in [2.24, 2.45) is 0 Å². The normalized spacial score (nSPS) is 17.7. The maximum absolute atomic E-state index is 13.2. The number of carbonyl (C=O) groups excluding carboxylic acids is 2. The molecule has 1 atom stereocenters. The molecule has 2 aromatic rings. The molecule has 1 aliphatic carbocycles. The number of ether oxygens (including phenoxy) is 2. The first-order chi connectivity index (χ1) is 14.5. The Kier molecular flexibility index (Phi) is 6.11. The lowest BCUT2D eigenvalue weighted by molar-refractivity contribution is -0.133. The molecule has 0 radical (unpaired) electrons. The number of anilines is 1. The zero-order chi connectivity index (χ0) is 21.3. The average Bonchev–Trinajstić information content (AvgIpc) is 3.57. The summed E-state index contributed by atoms with van der Waals surface area (Å²) in [6, 6.07) is 11.2. The highest BCUT2D eigenvalue weighted by atomic mass is 35.5. The first kappa shape index (κ1) is 20.9. The molecule has 6 nitrogen and oxygen atoms in total. The number of nitrogens with one attached hydrogen (secondary N) is 1. The standard InChI is InChI=1S/C22H23ClN2O4S/c1-28-16-6-7-18(29-2)13(9-16)12-25(15-4-5-15)21(26)11-20-22(27)24-17-10-14(23)3-8-19(17)30-20/h3,6-10,15,20H,4-5,11-12H2,1-2H3,(H,24,27). The van der Waals surface area contributed by atoms with Gasteiger partial charge >= 0.3 is 0 Å². The highest BCUT2D eigenvalue weighted by Gasteiger charge is 2.36. The fourth-order valence-corrected chi connectivity index (χ4v) is 4.78. The molecular formula is C22H23ClN2O4S. The number of hydrogen-bond donors (Lipinski definition) is 1. The van der Waals surface area contributed by atoms with Crippen LogP contribution in [0.4, 0.5) is 5.69 Å². The van der Waals surface area contributed by atoms with Gasteiger partial charge in [-0.3, -0.25) is 9.59 Å². The molecule has 0 aromatic heterocycles. The van der Waals surface area contributed by atoms with E-state index in [0.717, 1.165) is 23.3 Å². The molecule has 30 heavy (non-hydrogen) atoms. The number of carbonyl (C=O) groups is 2. The van der Waals surface area contributed by atoms with Crippen molar-refractivity contribution in [3.8, 4) is 11.5 Å². The van der Waals surface area contributed by atoms with Crippen molar-refractivity contribution < 1.29 is 19.1 Å². The van der Waals surface area contributed by atoms with E-state index in [4.69, 9.17) is 21.1 Å². The maximum atomic E-state index is 13.2. The molecule has 1 N–H and O–H groups in total. The quantitative estimate of drug-likeness (QED) is 0.684. The molecule has 2 amide bonds. The van der Waals surface area contributed by atoms with E-state index in [1.165, 1.54) is 11.8 Å². The smallest absolute Gasteiger partial charge is 0.238 e. The minimum atomic E-state index is -0.473. The summed E-state index contributed by atoms with van der Waals surface area (Å²) in [6.07, 6.45) is 2.09. The van der Waals surface area contributed by atoms with E-state index >= 15 is 0 Å². The predicted molar refractivity (Wildman–Crippen MR) is 117 cm³/mol. The summed E-state index contributed by atoms with van der Waals surface area (Å²) in [6.45, 7) is 0.426. The zero-order valence-corrected chi connectivity index (χ0v) is 18.4. The monoisotopic (exact) mass is 446 g/mol. The molecule has 0 saturated heterocycles. The number of fused-ring (bicyclic) bond motifs is 1. The first-order valence-corrected chi connectivity index (χ1v) is 11.0. The second kappa shape index (κ2) is 8.78. The third-order valence-corrected chi connectivity index (χ3v) is 6.77. The maximum Gasteiger partial charge on any atom is 0.238 e. The fraction of sp³-hybridized carbons (Fsp3) is 0.364. The van der Waals surface area contributed by atoms with Gasteiger partial charge in [0.05, 0.1) is 25.2 Å². The first-order valence-electron chi connectivity index (χ1n) is 9.76. The Morgan fingerprint density at radius 3 is 2.70 bits per heavy atom. The van der Waals surface area contributed by atoms with Gasteiger partial charge in [-0.1, -0.05) is 11.6 Å². The number of hydrogen-bond acceptors (Lipinski definition) is 5. The number of thioether (sulfide) groups is 1. The SMILES string of the molecule is COc1ccc(OC)c(CN(C(=O)CC2Sc3ccc(Cl)cc3NC2=O)C2CC2)c1. The van der Waals surface area contributed by atoms with Crippen molar-refractivity contribution in [1.82, 2.24) is 4.90 Å². The molecular weight excluding hydrogens is 424 g/mol. The van der Waals surface area contributed by atoms with Crippen molar-refractivity contribution in [3.63, 3.8) is 0 Å². The van der Waals surface area contributed by atoms with Gasteiger partial charge in [-0.15, -0.1) is 11.8 Å². The third-order valence-electron chi connectivity index (χ3n) is 5.26. The third kappa shape index (κ3) is 4.52. The summed E-state index contributed by atoms with van der Waals surface area (Å²) in [4.78, 5) is 28.6. The summed E-state index contributed by atoms with van der Waals surface area (Å²) in [5.74, 6) is 1.22. The number of benzene rings is 2.